The third-order valence-electron chi connectivity index (χ3n) is 11.8. The van der Waals surface area contributed by atoms with E-state index in [0.29, 0.717) is 0 Å². The fourth-order valence-electron chi connectivity index (χ4n) is 9.30. The van der Waals surface area contributed by atoms with Gasteiger partial charge in [0.1, 0.15) is 11.2 Å². The van der Waals surface area contributed by atoms with Crippen molar-refractivity contribution < 1.29 is 4.42 Å². The molecule has 0 aliphatic carbocycles. The van der Waals surface area contributed by atoms with Crippen molar-refractivity contribution in [3.8, 4) is 11.4 Å². The highest BCUT2D eigenvalue weighted by Gasteiger charge is 2.30. The highest BCUT2D eigenvalue weighted by molar-refractivity contribution is 6.31. The Hall–Kier alpha value is -6.96. The first-order chi connectivity index (χ1) is 28.3. The van der Waals surface area contributed by atoms with Gasteiger partial charge in [-0.2, -0.15) is 0 Å². The van der Waals surface area contributed by atoms with Crippen LogP contribution in [0.4, 0.5) is 0 Å². The van der Waals surface area contributed by atoms with Crippen LogP contribution in [0.3, 0.4) is 0 Å². The van der Waals surface area contributed by atoms with Crippen molar-refractivity contribution >= 4 is 65.6 Å². The van der Waals surface area contributed by atoms with E-state index in [4.69, 9.17) is 4.42 Å². The first kappa shape index (κ1) is 32.3. The normalized spacial score (nSPS) is 17.4. The minimum atomic E-state index is -0.0990. The van der Waals surface area contributed by atoms with Crippen LogP contribution >= 0.6 is 0 Å². The fourth-order valence-corrected chi connectivity index (χ4v) is 9.30. The van der Waals surface area contributed by atoms with Crippen molar-refractivity contribution in [3.63, 3.8) is 0 Å². The van der Waals surface area contributed by atoms with E-state index in [9.17, 15) is 0 Å². The summed E-state index contributed by atoms with van der Waals surface area (Å²) in [5.41, 5.74) is 12.2. The summed E-state index contributed by atoms with van der Waals surface area (Å²) < 4.78 is 11.4. The highest BCUT2D eigenvalue weighted by atomic mass is 16.3. The molecule has 6 heteroatoms. The minimum Gasteiger partial charge on any atom is -0.456 e. The van der Waals surface area contributed by atoms with Gasteiger partial charge < -0.3 is 13.6 Å². The molecule has 57 heavy (non-hydrogen) atoms. The van der Waals surface area contributed by atoms with Crippen LogP contribution in [0.15, 0.2) is 192 Å². The maximum atomic E-state index is 6.48. The molecule has 4 heterocycles. The van der Waals surface area contributed by atoms with Crippen molar-refractivity contribution in [1.29, 1.82) is 0 Å². The lowest BCUT2D eigenvalue weighted by Crippen LogP contribution is -2.54. The third-order valence-corrected chi connectivity index (χ3v) is 11.8. The van der Waals surface area contributed by atoms with Crippen LogP contribution in [0.2, 0.25) is 0 Å². The Bertz CT molecular complexity index is 3230. The maximum absolute atomic E-state index is 6.48. The molecule has 3 aromatic heterocycles. The molecule has 0 radical (unpaired) electrons. The number of furan rings is 1. The SMILES string of the molecule is c1ccc(C2NC(c3ccccc3)NC(c3ccc(-n4c5ccc6oc7ccccc7c6c5c5ccc6c7ccccc7n(-c7ccccc7)c6c54)cc3)N2)cc1. The van der Waals surface area contributed by atoms with Gasteiger partial charge in [-0.25, -0.2) is 0 Å². The molecule has 272 valence electrons. The van der Waals surface area contributed by atoms with Crippen LogP contribution < -0.4 is 16.0 Å². The lowest BCUT2D eigenvalue weighted by atomic mass is 10.0. The van der Waals surface area contributed by atoms with E-state index in [1.807, 2.05) is 6.07 Å². The van der Waals surface area contributed by atoms with E-state index in [2.05, 4.69) is 207 Å². The number of aromatic nitrogens is 2. The summed E-state index contributed by atoms with van der Waals surface area (Å²) in [6, 6.07) is 67.3. The number of fused-ring (bicyclic) bond motifs is 11. The second-order valence-electron chi connectivity index (χ2n) is 15.0. The Kier molecular flexibility index (Phi) is 7.25. The Morgan fingerprint density at radius 1 is 0.333 bits per heavy atom. The first-order valence-electron chi connectivity index (χ1n) is 19.6. The standard InChI is InChI=1S/C51H37N5O/c1-4-14-32(15-5-1)49-52-50(33-16-6-2-7-17-33)54-51(53-49)34-24-26-36(27-25-34)56-42-30-31-44-46(39-21-11-13-23-43(39)57-44)45(42)40-29-28-38-37-20-10-12-22-41(37)55(47(38)48(40)56)35-18-8-3-9-19-35/h1-31,49-54H. The number of rotatable bonds is 5. The van der Waals surface area contributed by atoms with Crippen LogP contribution in [-0.2, 0) is 0 Å². The average molecular weight is 736 g/mol. The predicted molar refractivity (Wildman–Crippen MR) is 233 cm³/mol. The van der Waals surface area contributed by atoms with Crippen molar-refractivity contribution in [2.75, 3.05) is 0 Å². The molecule has 1 aliphatic heterocycles. The average Bonchev–Trinajstić information content (AvgIpc) is 3.95. The zero-order valence-electron chi connectivity index (χ0n) is 30.9. The minimum absolute atomic E-state index is 0.0416. The monoisotopic (exact) mass is 735 g/mol. The molecule has 1 saturated heterocycles. The Balaban J connectivity index is 1.10. The lowest BCUT2D eigenvalue weighted by molar-refractivity contribution is 0.203. The predicted octanol–water partition coefficient (Wildman–Crippen LogP) is 12.0. The molecule has 2 unspecified atom stereocenters. The van der Waals surface area contributed by atoms with Gasteiger partial charge in [-0.1, -0.05) is 140 Å². The van der Waals surface area contributed by atoms with E-state index >= 15 is 0 Å². The van der Waals surface area contributed by atoms with Crippen molar-refractivity contribution in [1.82, 2.24) is 25.1 Å². The molecule has 0 spiro atoms. The number of hydrogen-bond acceptors (Lipinski definition) is 4. The molecule has 2 atom stereocenters. The van der Waals surface area contributed by atoms with E-state index in [-0.39, 0.29) is 18.5 Å². The summed E-state index contributed by atoms with van der Waals surface area (Å²) in [6.07, 6.45) is -0.182. The van der Waals surface area contributed by atoms with Crippen LogP contribution in [0, 0.1) is 0 Å². The molecule has 1 aliphatic rings. The summed E-state index contributed by atoms with van der Waals surface area (Å²) in [5, 5.41) is 18.6. The fraction of sp³-hybridized carbons (Fsp3) is 0.0588. The molecule has 0 bridgehead atoms. The second-order valence-corrected chi connectivity index (χ2v) is 15.0. The number of benzene rings is 8. The van der Waals surface area contributed by atoms with E-state index in [1.165, 1.54) is 49.2 Å². The largest absolute Gasteiger partial charge is 0.456 e. The molecule has 8 aromatic carbocycles. The second kappa shape index (κ2) is 12.8. The van der Waals surface area contributed by atoms with Gasteiger partial charge in [-0.3, -0.25) is 16.0 Å². The van der Waals surface area contributed by atoms with Gasteiger partial charge in [0.15, 0.2) is 0 Å². The Labute approximate surface area is 328 Å². The number of nitrogens with one attached hydrogen (secondary N) is 3. The number of hydrogen-bond donors (Lipinski definition) is 3. The van der Waals surface area contributed by atoms with Crippen molar-refractivity contribution in [2.45, 2.75) is 18.5 Å². The highest BCUT2D eigenvalue weighted by Crippen LogP contribution is 2.45. The molecular formula is C51H37N5O. The van der Waals surface area contributed by atoms with Gasteiger partial charge in [0.05, 0.1) is 40.6 Å². The summed E-state index contributed by atoms with van der Waals surface area (Å²) in [6.45, 7) is 0. The van der Waals surface area contributed by atoms with Gasteiger partial charge in [-0.15, -0.1) is 0 Å². The molecule has 1 fully saturated rings. The molecule has 3 N–H and O–H groups in total. The topological polar surface area (TPSA) is 59.1 Å². The first-order valence-corrected chi connectivity index (χ1v) is 19.6. The zero-order chi connectivity index (χ0) is 37.5. The van der Waals surface area contributed by atoms with Crippen LogP contribution in [0.5, 0.6) is 0 Å². The van der Waals surface area contributed by atoms with Crippen LogP contribution in [-0.4, -0.2) is 9.13 Å². The van der Waals surface area contributed by atoms with Gasteiger partial charge in [0.25, 0.3) is 0 Å². The van der Waals surface area contributed by atoms with Gasteiger partial charge in [0, 0.05) is 43.7 Å². The molecule has 11 aromatic rings. The van der Waals surface area contributed by atoms with Gasteiger partial charge >= 0.3 is 0 Å². The Morgan fingerprint density at radius 3 is 1.53 bits per heavy atom. The van der Waals surface area contributed by atoms with Crippen molar-refractivity contribution in [3.05, 3.63) is 205 Å². The van der Waals surface area contributed by atoms with Crippen LogP contribution in [0.1, 0.15) is 35.2 Å². The summed E-state index contributed by atoms with van der Waals surface area (Å²) in [4.78, 5) is 0. The smallest absolute Gasteiger partial charge is 0.136 e. The van der Waals surface area contributed by atoms with Gasteiger partial charge in [-0.05, 0) is 65.2 Å². The van der Waals surface area contributed by atoms with Crippen molar-refractivity contribution in [2.24, 2.45) is 0 Å². The molecule has 0 amide bonds. The maximum Gasteiger partial charge on any atom is 0.136 e. The quantitative estimate of drug-likeness (QED) is 0.165. The number of para-hydroxylation sites is 3. The molecular weight excluding hydrogens is 699 g/mol. The number of nitrogens with zero attached hydrogens (tertiary/aromatic N) is 2. The van der Waals surface area contributed by atoms with E-state index in [1.54, 1.807) is 0 Å². The summed E-state index contributed by atoms with van der Waals surface area (Å²) >= 11 is 0. The van der Waals surface area contributed by atoms with Crippen LogP contribution in [0.25, 0.3) is 76.9 Å². The van der Waals surface area contributed by atoms with Gasteiger partial charge in [0.2, 0.25) is 0 Å². The summed E-state index contributed by atoms with van der Waals surface area (Å²) in [7, 11) is 0. The Morgan fingerprint density at radius 2 is 0.842 bits per heavy atom. The zero-order valence-corrected chi connectivity index (χ0v) is 30.9. The summed E-state index contributed by atoms with van der Waals surface area (Å²) in [5.74, 6) is 0. The third kappa shape index (κ3) is 5.02. The molecule has 12 rings (SSSR count). The molecule has 0 saturated carbocycles. The molecule has 6 nitrogen and oxygen atoms in total. The lowest BCUT2D eigenvalue weighted by Gasteiger charge is -2.39. The van der Waals surface area contributed by atoms with E-state index in [0.717, 1.165) is 44.4 Å². The van der Waals surface area contributed by atoms with E-state index < -0.39 is 0 Å².